The monoisotopic (exact) mass is 356 g/mol. The van der Waals surface area contributed by atoms with E-state index in [1.165, 1.54) is 17.7 Å². The second-order valence-corrected chi connectivity index (χ2v) is 5.91. The summed E-state index contributed by atoms with van der Waals surface area (Å²) in [5, 5.41) is 3.96. The predicted octanol–water partition coefficient (Wildman–Crippen LogP) is 4.61. The molecule has 0 bridgehead atoms. The first-order chi connectivity index (χ1) is 12.0. The molecule has 0 aliphatic heterocycles. The van der Waals surface area contributed by atoms with Gasteiger partial charge in [-0.2, -0.15) is 0 Å². The number of carbonyl (C=O) groups is 2. The highest BCUT2D eigenvalue weighted by atomic mass is 35.5. The van der Waals surface area contributed by atoms with Gasteiger partial charge in [0.1, 0.15) is 5.75 Å². The first kappa shape index (κ1) is 17.0. The zero-order valence-corrected chi connectivity index (χ0v) is 14.6. The molecule has 3 rings (SSSR count). The van der Waals surface area contributed by atoms with Gasteiger partial charge < -0.3 is 10.1 Å². The fraction of sp³-hybridized carbons (Fsp3) is 0.158. The number of anilines is 1. The van der Waals surface area contributed by atoms with Crippen molar-refractivity contribution in [3.05, 3.63) is 59.2 Å². The molecule has 0 atom stereocenters. The Morgan fingerprint density at radius 2 is 1.96 bits per heavy atom. The molecule has 0 radical (unpaired) electrons. The molecule has 0 spiro atoms. The molecule has 0 aliphatic rings. The lowest BCUT2D eigenvalue weighted by atomic mass is 10.1. The number of nitrogens with one attached hydrogen (secondary N) is 1. The molecule has 1 aromatic heterocycles. The maximum atomic E-state index is 12.8. The van der Waals surface area contributed by atoms with E-state index in [9.17, 15) is 9.59 Å². The molecule has 0 fully saturated rings. The zero-order chi connectivity index (χ0) is 18.0. The van der Waals surface area contributed by atoms with Crippen LogP contribution < -0.4 is 10.1 Å². The van der Waals surface area contributed by atoms with E-state index < -0.39 is 0 Å². The van der Waals surface area contributed by atoms with Crippen LogP contribution in [0.2, 0.25) is 5.02 Å². The maximum Gasteiger partial charge on any atom is 0.257 e. The standard InChI is InChI=1S/C19H17ClN2O3/c1-3-25-18-7-5-4-6-16(18)21-19(24)15-11-22(12(2)23)17-9-8-13(20)10-14(15)17/h4-11H,3H2,1-2H3,(H,21,24). The van der Waals surface area contributed by atoms with E-state index in [0.29, 0.717) is 39.5 Å². The van der Waals surface area contributed by atoms with E-state index in [-0.39, 0.29) is 11.8 Å². The van der Waals surface area contributed by atoms with Crippen molar-refractivity contribution in [1.82, 2.24) is 4.57 Å². The van der Waals surface area contributed by atoms with Crippen LogP contribution in [0.3, 0.4) is 0 Å². The van der Waals surface area contributed by atoms with Gasteiger partial charge in [-0.3, -0.25) is 14.2 Å². The molecule has 0 saturated carbocycles. The van der Waals surface area contributed by atoms with Crippen LogP contribution in [0.1, 0.15) is 29.0 Å². The maximum absolute atomic E-state index is 12.8. The van der Waals surface area contributed by atoms with Gasteiger partial charge in [-0.15, -0.1) is 0 Å². The van der Waals surface area contributed by atoms with Crippen LogP contribution in [0.4, 0.5) is 5.69 Å². The minimum absolute atomic E-state index is 0.180. The van der Waals surface area contributed by atoms with Crippen LogP contribution in [0.15, 0.2) is 48.7 Å². The van der Waals surface area contributed by atoms with Crippen molar-refractivity contribution in [1.29, 1.82) is 0 Å². The Balaban J connectivity index is 2.03. The summed E-state index contributed by atoms with van der Waals surface area (Å²) in [5.41, 5.74) is 1.58. The molecule has 1 amide bonds. The van der Waals surface area contributed by atoms with Crippen LogP contribution in [0, 0.1) is 0 Å². The summed E-state index contributed by atoms with van der Waals surface area (Å²) in [6.07, 6.45) is 1.53. The summed E-state index contributed by atoms with van der Waals surface area (Å²) in [5.74, 6) is 0.0761. The third-order valence-electron chi connectivity index (χ3n) is 3.79. The van der Waals surface area contributed by atoms with Gasteiger partial charge >= 0.3 is 0 Å². The molecule has 128 valence electrons. The molecule has 6 heteroatoms. The minimum atomic E-state index is -0.334. The van der Waals surface area contributed by atoms with Crippen LogP contribution in [0.5, 0.6) is 5.75 Å². The summed E-state index contributed by atoms with van der Waals surface area (Å²) in [4.78, 5) is 24.7. The van der Waals surface area contributed by atoms with Crippen LogP contribution >= 0.6 is 11.6 Å². The number of halogens is 1. The van der Waals surface area contributed by atoms with Gasteiger partial charge in [-0.05, 0) is 37.3 Å². The van der Waals surface area contributed by atoms with E-state index in [4.69, 9.17) is 16.3 Å². The first-order valence-corrected chi connectivity index (χ1v) is 8.23. The van der Waals surface area contributed by atoms with E-state index in [1.807, 2.05) is 19.1 Å². The number of hydrogen-bond acceptors (Lipinski definition) is 3. The van der Waals surface area contributed by atoms with Crippen LogP contribution in [-0.4, -0.2) is 23.0 Å². The van der Waals surface area contributed by atoms with Crippen molar-refractivity contribution in [3.63, 3.8) is 0 Å². The number of aromatic nitrogens is 1. The van der Waals surface area contributed by atoms with Crippen molar-refractivity contribution in [2.24, 2.45) is 0 Å². The summed E-state index contributed by atoms with van der Waals surface area (Å²) in [6.45, 7) is 3.81. The largest absolute Gasteiger partial charge is 0.492 e. The Bertz CT molecular complexity index is 962. The summed E-state index contributed by atoms with van der Waals surface area (Å²) in [7, 11) is 0. The third-order valence-corrected chi connectivity index (χ3v) is 4.02. The average Bonchev–Trinajstić information content (AvgIpc) is 2.96. The molecular formula is C19H17ClN2O3. The fourth-order valence-electron chi connectivity index (χ4n) is 2.68. The SMILES string of the molecule is CCOc1ccccc1NC(=O)c1cn(C(C)=O)c2ccc(Cl)cc12. The van der Waals surface area contributed by atoms with E-state index in [1.54, 1.807) is 30.3 Å². The molecule has 1 heterocycles. The average molecular weight is 357 g/mol. The second kappa shape index (κ2) is 6.99. The molecule has 3 aromatic rings. The third kappa shape index (κ3) is 3.37. The number of benzene rings is 2. The van der Waals surface area contributed by atoms with Gasteiger partial charge in [0, 0.05) is 23.5 Å². The summed E-state index contributed by atoms with van der Waals surface area (Å²) in [6, 6.07) is 12.3. The fourth-order valence-corrected chi connectivity index (χ4v) is 2.86. The molecule has 0 saturated heterocycles. The lowest BCUT2D eigenvalue weighted by molar-refractivity contribution is 0.0941. The van der Waals surface area contributed by atoms with Crippen molar-refractivity contribution in [3.8, 4) is 5.75 Å². The number of fused-ring (bicyclic) bond motifs is 1. The van der Waals surface area contributed by atoms with E-state index in [2.05, 4.69) is 5.32 Å². The van der Waals surface area contributed by atoms with Gasteiger partial charge in [-0.1, -0.05) is 23.7 Å². The molecular weight excluding hydrogens is 340 g/mol. The number of rotatable bonds is 4. The number of hydrogen-bond donors (Lipinski definition) is 1. The van der Waals surface area contributed by atoms with Crippen molar-refractivity contribution in [2.75, 3.05) is 11.9 Å². The van der Waals surface area contributed by atoms with Gasteiger partial charge in [0.05, 0.1) is 23.4 Å². The van der Waals surface area contributed by atoms with Gasteiger partial charge in [0.25, 0.3) is 5.91 Å². The highest BCUT2D eigenvalue weighted by Crippen LogP contribution is 2.28. The number of nitrogens with zero attached hydrogens (tertiary/aromatic N) is 1. The topological polar surface area (TPSA) is 60.3 Å². The van der Waals surface area contributed by atoms with Crippen LogP contribution in [-0.2, 0) is 0 Å². The van der Waals surface area contributed by atoms with E-state index in [0.717, 1.165) is 0 Å². The molecule has 0 aliphatic carbocycles. The van der Waals surface area contributed by atoms with E-state index >= 15 is 0 Å². The molecule has 25 heavy (non-hydrogen) atoms. The molecule has 1 N–H and O–H groups in total. The zero-order valence-electron chi connectivity index (χ0n) is 13.9. The Morgan fingerprint density at radius 1 is 1.20 bits per heavy atom. The summed E-state index contributed by atoms with van der Waals surface area (Å²) < 4.78 is 6.97. The lowest BCUT2D eigenvalue weighted by Gasteiger charge is -2.10. The second-order valence-electron chi connectivity index (χ2n) is 5.48. The summed E-state index contributed by atoms with van der Waals surface area (Å²) >= 11 is 6.06. The Labute approximate surface area is 150 Å². The van der Waals surface area contributed by atoms with Gasteiger partial charge in [0.15, 0.2) is 0 Å². The normalized spacial score (nSPS) is 10.7. The predicted molar refractivity (Wildman–Crippen MR) is 98.8 cm³/mol. The van der Waals surface area contributed by atoms with Crippen molar-refractivity contribution >= 4 is 40.0 Å². The minimum Gasteiger partial charge on any atom is -0.492 e. The molecule has 5 nitrogen and oxygen atoms in total. The quantitative estimate of drug-likeness (QED) is 0.742. The lowest BCUT2D eigenvalue weighted by Crippen LogP contribution is -2.13. The number of para-hydroxylation sites is 2. The van der Waals surface area contributed by atoms with Crippen molar-refractivity contribution in [2.45, 2.75) is 13.8 Å². The first-order valence-electron chi connectivity index (χ1n) is 7.86. The highest BCUT2D eigenvalue weighted by Gasteiger charge is 2.18. The molecule has 2 aromatic carbocycles. The number of amides is 1. The highest BCUT2D eigenvalue weighted by molar-refractivity contribution is 6.31. The van der Waals surface area contributed by atoms with Gasteiger partial charge in [-0.25, -0.2) is 0 Å². The number of ether oxygens (including phenoxy) is 1. The van der Waals surface area contributed by atoms with Crippen molar-refractivity contribution < 1.29 is 14.3 Å². The van der Waals surface area contributed by atoms with Gasteiger partial charge in [0.2, 0.25) is 5.91 Å². The molecule has 0 unspecified atom stereocenters. The smallest absolute Gasteiger partial charge is 0.257 e. The Kier molecular flexibility index (Phi) is 4.76. The van der Waals surface area contributed by atoms with Crippen LogP contribution in [0.25, 0.3) is 10.9 Å². The Hall–Kier alpha value is -2.79. The Morgan fingerprint density at radius 3 is 2.68 bits per heavy atom. The number of carbonyl (C=O) groups excluding carboxylic acids is 2.